The van der Waals surface area contributed by atoms with E-state index < -0.39 is 10.9 Å². The van der Waals surface area contributed by atoms with Gasteiger partial charge in [0.2, 0.25) is 5.82 Å². The van der Waals surface area contributed by atoms with Gasteiger partial charge in [-0.3, -0.25) is 14.5 Å². The number of esters is 1. The Morgan fingerprint density at radius 2 is 2.23 bits per heavy atom. The largest absolute Gasteiger partial charge is 0.460 e. The van der Waals surface area contributed by atoms with Gasteiger partial charge in [0.25, 0.3) is 5.69 Å². The SMILES string of the molecule is CCOC(=O)c1nnc2c(Cl)nc3cc([N+](=O)[O-])ccc3n12. The molecule has 0 saturated carbocycles. The van der Waals surface area contributed by atoms with Crippen LogP contribution in [0.3, 0.4) is 0 Å². The van der Waals surface area contributed by atoms with Crippen molar-refractivity contribution in [1.29, 1.82) is 0 Å². The minimum atomic E-state index is -0.670. The summed E-state index contributed by atoms with van der Waals surface area (Å²) in [6, 6.07) is 4.01. The topological polar surface area (TPSA) is 113 Å². The lowest BCUT2D eigenvalue weighted by atomic mass is 10.2. The molecule has 0 aliphatic heterocycles. The molecule has 9 nitrogen and oxygen atoms in total. The minimum absolute atomic E-state index is 0.0175. The van der Waals surface area contributed by atoms with Gasteiger partial charge in [-0.15, -0.1) is 10.2 Å². The predicted molar refractivity (Wildman–Crippen MR) is 75.9 cm³/mol. The summed E-state index contributed by atoms with van der Waals surface area (Å²) in [7, 11) is 0. The normalized spacial score (nSPS) is 11.0. The minimum Gasteiger partial charge on any atom is -0.460 e. The van der Waals surface area contributed by atoms with Gasteiger partial charge < -0.3 is 4.74 Å². The molecular weight excluding hydrogens is 314 g/mol. The van der Waals surface area contributed by atoms with E-state index in [1.165, 1.54) is 22.6 Å². The van der Waals surface area contributed by atoms with Crippen LogP contribution in [0.5, 0.6) is 0 Å². The lowest BCUT2D eigenvalue weighted by molar-refractivity contribution is -0.384. The second-order valence-corrected chi connectivity index (χ2v) is 4.59. The number of hydrogen-bond acceptors (Lipinski definition) is 7. The molecular formula is C12H8ClN5O4. The molecule has 22 heavy (non-hydrogen) atoms. The number of rotatable bonds is 3. The molecule has 10 heteroatoms. The first-order valence-corrected chi connectivity index (χ1v) is 6.56. The molecule has 0 amide bonds. The quantitative estimate of drug-likeness (QED) is 0.412. The highest BCUT2D eigenvalue weighted by Gasteiger charge is 2.21. The highest BCUT2D eigenvalue weighted by Crippen LogP contribution is 2.25. The number of benzene rings is 1. The fourth-order valence-electron chi connectivity index (χ4n) is 2.03. The lowest BCUT2D eigenvalue weighted by Crippen LogP contribution is -2.10. The molecule has 1 aromatic carbocycles. The number of carbonyl (C=O) groups excluding carboxylic acids is 1. The van der Waals surface area contributed by atoms with Crippen LogP contribution in [-0.4, -0.2) is 37.1 Å². The Morgan fingerprint density at radius 3 is 2.91 bits per heavy atom. The number of nitro groups is 1. The molecule has 0 unspecified atom stereocenters. The standard InChI is InChI=1S/C12H8ClN5O4/c1-2-22-12(19)11-16-15-10-9(13)14-7-5-6(18(20)21)3-4-8(7)17(10)11/h3-5H,2H2,1H3. The molecule has 2 aromatic heterocycles. The van der Waals surface area contributed by atoms with Crippen molar-refractivity contribution in [3.63, 3.8) is 0 Å². The Balaban J connectivity index is 2.35. The lowest BCUT2D eigenvalue weighted by Gasteiger charge is -2.05. The van der Waals surface area contributed by atoms with Crippen molar-refractivity contribution in [3.05, 3.63) is 39.3 Å². The zero-order valence-electron chi connectivity index (χ0n) is 11.2. The van der Waals surface area contributed by atoms with Crippen LogP contribution >= 0.6 is 11.6 Å². The molecule has 0 saturated heterocycles. The van der Waals surface area contributed by atoms with Crippen molar-refractivity contribution >= 4 is 39.9 Å². The Labute approximate surface area is 127 Å². The second kappa shape index (κ2) is 5.19. The Morgan fingerprint density at radius 1 is 1.45 bits per heavy atom. The third-order valence-corrected chi connectivity index (χ3v) is 3.19. The molecule has 3 rings (SSSR count). The van der Waals surface area contributed by atoms with E-state index in [2.05, 4.69) is 15.2 Å². The van der Waals surface area contributed by atoms with Gasteiger partial charge in [-0.05, 0) is 13.0 Å². The molecule has 0 aliphatic rings. The Hall–Kier alpha value is -2.81. The van der Waals surface area contributed by atoms with E-state index in [-0.39, 0.29) is 34.4 Å². The van der Waals surface area contributed by atoms with E-state index in [0.29, 0.717) is 5.52 Å². The maximum absolute atomic E-state index is 11.9. The first-order chi connectivity index (χ1) is 10.5. The number of hydrogen-bond donors (Lipinski definition) is 0. The number of ether oxygens (including phenoxy) is 1. The van der Waals surface area contributed by atoms with Crippen LogP contribution in [0.1, 0.15) is 17.5 Å². The maximum Gasteiger partial charge on any atom is 0.376 e. The summed E-state index contributed by atoms with van der Waals surface area (Å²) < 4.78 is 6.28. The van der Waals surface area contributed by atoms with E-state index >= 15 is 0 Å². The van der Waals surface area contributed by atoms with Crippen LogP contribution in [0.2, 0.25) is 5.15 Å². The van der Waals surface area contributed by atoms with Gasteiger partial charge >= 0.3 is 5.97 Å². The summed E-state index contributed by atoms with van der Waals surface area (Å²) in [6.45, 7) is 1.84. The molecule has 3 aromatic rings. The Bertz CT molecular complexity index is 923. The monoisotopic (exact) mass is 321 g/mol. The number of aromatic nitrogens is 4. The Kier molecular flexibility index (Phi) is 3.33. The third kappa shape index (κ3) is 2.11. The molecule has 0 N–H and O–H groups in total. The number of fused-ring (bicyclic) bond motifs is 3. The van der Waals surface area contributed by atoms with Crippen molar-refractivity contribution in [2.24, 2.45) is 0 Å². The maximum atomic E-state index is 11.9. The molecule has 0 radical (unpaired) electrons. The van der Waals surface area contributed by atoms with Crippen molar-refractivity contribution in [2.75, 3.05) is 6.61 Å². The molecule has 0 spiro atoms. The van der Waals surface area contributed by atoms with E-state index in [1.807, 2.05) is 0 Å². The summed E-state index contributed by atoms with van der Waals surface area (Å²) in [4.78, 5) is 26.3. The van der Waals surface area contributed by atoms with Gasteiger partial charge in [0.1, 0.15) is 0 Å². The van der Waals surface area contributed by atoms with Crippen molar-refractivity contribution in [1.82, 2.24) is 19.6 Å². The van der Waals surface area contributed by atoms with Gasteiger partial charge in [0, 0.05) is 12.1 Å². The molecule has 0 bridgehead atoms. The van der Waals surface area contributed by atoms with E-state index in [9.17, 15) is 14.9 Å². The van der Waals surface area contributed by atoms with Crippen molar-refractivity contribution in [2.45, 2.75) is 6.92 Å². The van der Waals surface area contributed by atoms with Crippen LogP contribution in [0, 0.1) is 10.1 Å². The van der Waals surface area contributed by atoms with E-state index in [1.54, 1.807) is 6.92 Å². The average molecular weight is 322 g/mol. The molecule has 0 fully saturated rings. The van der Waals surface area contributed by atoms with E-state index in [4.69, 9.17) is 16.3 Å². The van der Waals surface area contributed by atoms with Crippen molar-refractivity contribution in [3.8, 4) is 0 Å². The summed E-state index contributed by atoms with van der Waals surface area (Å²) in [5.74, 6) is -0.739. The number of non-ortho nitro benzene ring substituents is 1. The fourth-order valence-corrected chi connectivity index (χ4v) is 2.25. The number of halogens is 1. The molecule has 0 atom stereocenters. The summed E-state index contributed by atoms with van der Waals surface area (Å²) in [5, 5.41) is 18.4. The summed E-state index contributed by atoms with van der Waals surface area (Å²) in [6.07, 6.45) is 0. The molecule has 0 aliphatic carbocycles. The van der Waals surface area contributed by atoms with Crippen LogP contribution in [0.25, 0.3) is 16.7 Å². The van der Waals surface area contributed by atoms with Crippen LogP contribution in [0.4, 0.5) is 5.69 Å². The molecule has 2 heterocycles. The average Bonchev–Trinajstić information content (AvgIpc) is 2.92. The van der Waals surface area contributed by atoms with Crippen LogP contribution in [-0.2, 0) is 4.74 Å². The smallest absolute Gasteiger partial charge is 0.376 e. The third-order valence-electron chi connectivity index (χ3n) is 2.93. The van der Waals surface area contributed by atoms with Gasteiger partial charge in [-0.1, -0.05) is 11.6 Å². The summed E-state index contributed by atoms with van der Waals surface area (Å²) in [5.41, 5.74) is 0.697. The van der Waals surface area contributed by atoms with Crippen LogP contribution in [0.15, 0.2) is 18.2 Å². The predicted octanol–water partition coefficient (Wildman–Crippen LogP) is 2.02. The fraction of sp³-hybridized carbons (Fsp3) is 0.167. The second-order valence-electron chi connectivity index (χ2n) is 4.24. The first kappa shape index (κ1) is 14.1. The number of nitrogens with zero attached hydrogens (tertiary/aromatic N) is 5. The molecule has 112 valence electrons. The highest BCUT2D eigenvalue weighted by atomic mass is 35.5. The van der Waals surface area contributed by atoms with E-state index in [0.717, 1.165) is 0 Å². The number of carbonyl (C=O) groups is 1. The van der Waals surface area contributed by atoms with Gasteiger partial charge in [0.05, 0.1) is 22.6 Å². The number of nitro benzene ring substituents is 1. The van der Waals surface area contributed by atoms with Crippen LogP contribution < -0.4 is 0 Å². The highest BCUT2D eigenvalue weighted by molar-refractivity contribution is 6.32. The zero-order chi connectivity index (χ0) is 15.9. The van der Waals surface area contributed by atoms with Gasteiger partial charge in [0.15, 0.2) is 10.8 Å². The van der Waals surface area contributed by atoms with Crippen molar-refractivity contribution < 1.29 is 14.5 Å². The first-order valence-electron chi connectivity index (χ1n) is 6.19. The van der Waals surface area contributed by atoms with Gasteiger partial charge in [-0.2, -0.15) is 0 Å². The van der Waals surface area contributed by atoms with Gasteiger partial charge in [-0.25, -0.2) is 9.78 Å². The zero-order valence-corrected chi connectivity index (χ0v) is 11.9. The summed E-state index contributed by atoms with van der Waals surface area (Å²) >= 11 is 6.01.